The van der Waals surface area contributed by atoms with E-state index in [2.05, 4.69) is 9.30 Å². The Balaban J connectivity index is 2.06. The number of benzene rings is 1. The van der Waals surface area contributed by atoms with Crippen molar-refractivity contribution in [2.45, 2.75) is 19.4 Å². The summed E-state index contributed by atoms with van der Waals surface area (Å²) in [4.78, 5) is 11.0. The molecule has 3 nitrogen and oxygen atoms in total. The van der Waals surface area contributed by atoms with Crippen molar-refractivity contribution < 1.29 is 9.53 Å². The molecular formula is C13H14ClNO2. The molecule has 0 saturated carbocycles. The van der Waals surface area contributed by atoms with Crippen LogP contribution in [0.25, 0.3) is 10.9 Å². The number of nitrogens with zero attached hydrogens (tertiary/aromatic N) is 1. The lowest BCUT2D eigenvalue weighted by atomic mass is 10.2. The quantitative estimate of drug-likeness (QED) is 0.781. The summed E-state index contributed by atoms with van der Waals surface area (Å²) < 4.78 is 6.73. The molecule has 0 unspecified atom stereocenters. The minimum Gasteiger partial charge on any atom is -0.469 e. The predicted molar refractivity (Wildman–Crippen MR) is 68.2 cm³/mol. The van der Waals surface area contributed by atoms with E-state index in [4.69, 9.17) is 11.6 Å². The van der Waals surface area contributed by atoms with E-state index in [1.165, 1.54) is 7.11 Å². The maximum atomic E-state index is 11.0. The van der Waals surface area contributed by atoms with Gasteiger partial charge in [-0.05, 0) is 30.7 Å². The lowest BCUT2D eigenvalue weighted by molar-refractivity contribution is -0.140. The van der Waals surface area contributed by atoms with Crippen LogP contribution in [0.5, 0.6) is 0 Å². The third kappa shape index (κ3) is 2.80. The third-order valence-electron chi connectivity index (χ3n) is 2.74. The zero-order chi connectivity index (χ0) is 12.3. The number of esters is 1. The first-order valence-electron chi connectivity index (χ1n) is 5.52. The number of rotatable bonds is 4. The van der Waals surface area contributed by atoms with Crippen molar-refractivity contribution in [3.8, 4) is 0 Å². The van der Waals surface area contributed by atoms with E-state index in [0.29, 0.717) is 6.42 Å². The number of methoxy groups -OCH3 is 1. The van der Waals surface area contributed by atoms with Crippen LogP contribution in [-0.4, -0.2) is 17.6 Å². The molecule has 0 saturated heterocycles. The molecule has 0 radical (unpaired) electrons. The van der Waals surface area contributed by atoms with Gasteiger partial charge in [-0.1, -0.05) is 11.6 Å². The molecule has 0 aliphatic rings. The number of aromatic nitrogens is 1. The van der Waals surface area contributed by atoms with Crippen LogP contribution in [-0.2, 0) is 16.1 Å². The lowest BCUT2D eigenvalue weighted by Crippen LogP contribution is -2.03. The molecule has 0 aliphatic carbocycles. The summed E-state index contributed by atoms with van der Waals surface area (Å²) >= 11 is 5.92. The molecule has 1 aromatic heterocycles. The molecular weight excluding hydrogens is 238 g/mol. The first kappa shape index (κ1) is 12.0. The molecule has 17 heavy (non-hydrogen) atoms. The van der Waals surface area contributed by atoms with E-state index in [0.717, 1.165) is 28.9 Å². The number of ether oxygens (including phenoxy) is 1. The molecule has 0 N–H and O–H groups in total. The van der Waals surface area contributed by atoms with E-state index >= 15 is 0 Å². The summed E-state index contributed by atoms with van der Waals surface area (Å²) in [5.41, 5.74) is 1.14. The van der Waals surface area contributed by atoms with E-state index < -0.39 is 0 Å². The molecule has 0 bridgehead atoms. The fourth-order valence-electron chi connectivity index (χ4n) is 1.86. The predicted octanol–water partition coefficient (Wildman–Crippen LogP) is 3.25. The van der Waals surface area contributed by atoms with Gasteiger partial charge in [0.25, 0.3) is 0 Å². The Morgan fingerprint density at radius 3 is 3.00 bits per heavy atom. The Bertz CT molecular complexity index is 533. The van der Waals surface area contributed by atoms with Crippen molar-refractivity contribution in [2.24, 2.45) is 0 Å². The molecule has 2 rings (SSSR count). The number of hydrogen-bond donors (Lipinski definition) is 0. The number of carbonyl (C=O) groups is 1. The van der Waals surface area contributed by atoms with Crippen molar-refractivity contribution in [1.82, 2.24) is 4.57 Å². The molecule has 0 spiro atoms. The first-order chi connectivity index (χ1) is 8.20. The second-order valence-electron chi connectivity index (χ2n) is 3.89. The third-order valence-corrected chi connectivity index (χ3v) is 2.98. The second kappa shape index (κ2) is 5.23. The van der Waals surface area contributed by atoms with Gasteiger partial charge in [-0.25, -0.2) is 0 Å². The molecule has 90 valence electrons. The maximum absolute atomic E-state index is 11.0. The second-order valence-corrected chi connectivity index (χ2v) is 4.33. The van der Waals surface area contributed by atoms with Gasteiger partial charge in [0.15, 0.2) is 0 Å². The van der Waals surface area contributed by atoms with E-state index in [-0.39, 0.29) is 5.97 Å². The Kier molecular flexibility index (Phi) is 3.69. The van der Waals surface area contributed by atoms with Crippen molar-refractivity contribution in [1.29, 1.82) is 0 Å². The molecule has 0 fully saturated rings. The van der Waals surface area contributed by atoms with Gasteiger partial charge in [0.2, 0.25) is 0 Å². The van der Waals surface area contributed by atoms with Crippen LogP contribution < -0.4 is 0 Å². The van der Waals surface area contributed by atoms with E-state index in [1.54, 1.807) is 0 Å². The standard InChI is InChI=1S/C13H14ClNO2/c1-17-13(16)3-2-7-15-8-6-10-9-11(14)4-5-12(10)15/h4-6,8-9H,2-3,7H2,1H3. The normalized spacial score (nSPS) is 10.7. The number of fused-ring (bicyclic) bond motifs is 1. The summed E-state index contributed by atoms with van der Waals surface area (Å²) in [6.45, 7) is 0.806. The van der Waals surface area contributed by atoms with Gasteiger partial charge < -0.3 is 9.30 Å². The van der Waals surface area contributed by atoms with Crippen LogP contribution in [0, 0.1) is 0 Å². The van der Waals surface area contributed by atoms with Gasteiger partial charge in [-0.15, -0.1) is 0 Å². The average Bonchev–Trinajstić information content (AvgIpc) is 2.71. The molecule has 0 aliphatic heterocycles. The highest BCUT2D eigenvalue weighted by atomic mass is 35.5. The van der Waals surface area contributed by atoms with Crippen molar-refractivity contribution in [3.63, 3.8) is 0 Å². The fourth-order valence-corrected chi connectivity index (χ4v) is 2.04. The largest absolute Gasteiger partial charge is 0.469 e. The zero-order valence-corrected chi connectivity index (χ0v) is 10.4. The van der Waals surface area contributed by atoms with Crippen LogP contribution in [0.1, 0.15) is 12.8 Å². The van der Waals surface area contributed by atoms with Crippen molar-refractivity contribution in [2.75, 3.05) is 7.11 Å². The Morgan fingerprint density at radius 1 is 1.41 bits per heavy atom. The van der Waals surface area contributed by atoms with Crippen LogP contribution in [0.15, 0.2) is 30.5 Å². The highest BCUT2D eigenvalue weighted by Crippen LogP contribution is 2.20. The maximum Gasteiger partial charge on any atom is 0.305 e. The molecule has 2 aromatic rings. The summed E-state index contributed by atoms with van der Waals surface area (Å²) in [6, 6.07) is 7.84. The van der Waals surface area contributed by atoms with Gasteiger partial charge in [0, 0.05) is 35.1 Å². The summed E-state index contributed by atoms with van der Waals surface area (Å²) in [6.07, 6.45) is 3.24. The molecule has 4 heteroatoms. The fraction of sp³-hybridized carbons (Fsp3) is 0.308. The Labute approximate surface area is 105 Å². The van der Waals surface area contributed by atoms with E-state index in [9.17, 15) is 4.79 Å². The number of halogens is 1. The molecule has 1 heterocycles. The molecule has 1 aromatic carbocycles. The van der Waals surface area contributed by atoms with Gasteiger partial charge in [-0.2, -0.15) is 0 Å². The summed E-state index contributed by atoms with van der Waals surface area (Å²) in [5.74, 6) is -0.162. The minimum atomic E-state index is -0.162. The van der Waals surface area contributed by atoms with Crippen LogP contribution in [0.2, 0.25) is 5.02 Å². The number of aryl methyl sites for hydroxylation is 1. The highest BCUT2D eigenvalue weighted by Gasteiger charge is 2.03. The topological polar surface area (TPSA) is 31.2 Å². The van der Waals surface area contributed by atoms with Crippen LogP contribution in [0.4, 0.5) is 0 Å². The Hall–Kier alpha value is -1.48. The van der Waals surface area contributed by atoms with E-state index in [1.807, 2.05) is 30.5 Å². The molecule has 0 atom stereocenters. The number of carbonyl (C=O) groups excluding carboxylic acids is 1. The summed E-state index contributed by atoms with van der Waals surface area (Å²) in [7, 11) is 1.41. The van der Waals surface area contributed by atoms with Gasteiger partial charge in [-0.3, -0.25) is 4.79 Å². The van der Waals surface area contributed by atoms with Gasteiger partial charge in [0.1, 0.15) is 0 Å². The SMILES string of the molecule is COC(=O)CCCn1ccc2cc(Cl)ccc21. The zero-order valence-electron chi connectivity index (χ0n) is 9.65. The summed E-state index contributed by atoms with van der Waals surface area (Å²) in [5, 5.41) is 1.86. The van der Waals surface area contributed by atoms with Crippen molar-refractivity contribution >= 4 is 28.5 Å². The lowest BCUT2D eigenvalue weighted by Gasteiger charge is -2.04. The number of hydrogen-bond acceptors (Lipinski definition) is 2. The van der Waals surface area contributed by atoms with Gasteiger partial charge >= 0.3 is 5.97 Å². The average molecular weight is 252 g/mol. The van der Waals surface area contributed by atoms with Crippen molar-refractivity contribution in [3.05, 3.63) is 35.5 Å². The monoisotopic (exact) mass is 251 g/mol. The van der Waals surface area contributed by atoms with Crippen LogP contribution >= 0.6 is 11.6 Å². The Morgan fingerprint density at radius 2 is 2.24 bits per heavy atom. The smallest absolute Gasteiger partial charge is 0.305 e. The minimum absolute atomic E-state index is 0.162. The van der Waals surface area contributed by atoms with Gasteiger partial charge in [0.05, 0.1) is 7.11 Å². The first-order valence-corrected chi connectivity index (χ1v) is 5.90. The molecule has 0 amide bonds. The highest BCUT2D eigenvalue weighted by molar-refractivity contribution is 6.31. The van der Waals surface area contributed by atoms with Crippen LogP contribution in [0.3, 0.4) is 0 Å².